The molecule has 7 nitrogen and oxygen atoms in total. The first-order chi connectivity index (χ1) is 12.7. The number of thioether (sulfide) groups is 1. The molecule has 0 bridgehead atoms. The van der Waals surface area contributed by atoms with Crippen LogP contribution in [0.1, 0.15) is 5.69 Å². The van der Waals surface area contributed by atoms with Crippen LogP contribution in [0.2, 0.25) is 0 Å². The van der Waals surface area contributed by atoms with Crippen LogP contribution in [-0.4, -0.2) is 38.2 Å². The molecular weight excluding hydrogens is 368 g/mol. The fourth-order valence-corrected chi connectivity index (χ4v) is 3.72. The Kier molecular flexibility index (Phi) is 6.03. The summed E-state index contributed by atoms with van der Waals surface area (Å²) in [6.45, 7) is 6.16. The average molecular weight is 387 g/mol. The van der Waals surface area contributed by atoms with Gasteiger partial charge in [-0.25, -0.2) is 4.68 Å². The van der Waals surface area contributed by atoms with Gasteiger partial charge < -0.3 is 10.6 Å². The number of aromatic nitrogens is 4. The highest BCUT2D eigenvalue weighted by atomic mass is 32.2. The third kappa shape index (κ3) is 4.70. The van der Waals surface area contributed by atoms with E-state index < -0.39 is 0 Å². The molecule has 0 saturated carbocycles. The smallest absolute Gasteiger partial charge is 0.235 e. The van der Waals surface area contributed by atoms with Gasteiger partial charge >= 0.3 is 0 Å². The molecular formula is C17H18N6OS2. The number of hydrogen-bond acceptors (Lipinski definition) is 7. The molecule has 0 aliphatic carbocycles. The highest BCUT2D eigenvalue weighted by Gasteiger charge is 2.12. The fourth-order valence-electron chi connectivity index (χ4n) is 2.16. The van der Waals surface area contributed by atoms with Gasteiger partial charge in [-0.2, -0.15) is 5.10 Å². The first-order valence-electron chi connectivity index (χ1n) is 7.88. The van der Waals surface area contributed by atoms with Crippen LogP contribution in [0, 0.1) is 6.92 Å². The van der Waals surface area contributed by atoms with E-state index in [1.54, 1.807) is 10.8 Å². The number of nitrogens with one attached hydrogen (secondary N) is 2. The van der Waals surface area contributed by atoms with Gasteiger partial charge in [0.25, 0.3) is 0 Å². The highest BCUT2D eigenvalue weighted by molar-refractivity contribution is 8.01. The van der Waals surface area contributed by atoms with Crippen LogP contribution in [0.5, 0.6) is 0 Å². The van der Waals surface area contributed by atoms with E-state index in [1.165, 1.54) is 23.1 Å². The molecule has 0 radical (unpaired) electrons. The lowest BCUT2D eigenvalue weighted by Gasteiger charge is -2.08. The van der Waals surface area contributed by atoms with E-state index in [2.05, 4.69) is 32.5 Å². The lowest BCUT2D eigenvalue weighted by molar-refractivity contribution is -0.113. The number of aryl methyl sites for hydroxylation is 1. The number of carbonyl (C=O) groups excluding carboxylic acids is 1. The van der Waals surface area contributed by atoms with Gasteiger partial charge in [0.2, 0.25) is 11.0 Å². The van der Waals surface area contributed by atoms with Gasteiger partial charge in [0.05, 0.1) is 17.1 Å². The van der Waals surface area contributed by atoms with Gasteiger partial charge in [0.1, 0.15) is 5.82 Å². The first kappa shape index (κ1) is 18.2. The Morgan fingerprint density at radius 1 is 1.35 bits per heavy atom. The molecule has 0 saturated heterocycles. The monoisotopic (exact) mass is 386 g/mol. The van der Waals surface area contributed by atoms with E-state index in [0.717, 1.165) is 15.7 Å². The van der Waals surface area contributed by atoms with Gasteiger partial charge in [0.15, 0.2) is 4.34 Å². The number of nitrogens with zero attached hydrogens (tertiary/aromatic N) is 4. The van der Waals surface area contributed by atoms with Gasteiger partial charge in [-0.1, -0.05) is 47.4 Å². The molecule has 0 aliphatic heterocycles. The highest BCUT2D eigenvalue weighted by Crippen LogP contribution is 2.25. The minimum absolute atomic E-state index is 0.122. The Hall–Kier alpha value is -2.65. The summed E-state index contributed by atoms with van der Waals surface area (Å²) in [6.07, 6.45) is 1.75. The lowest BCUT2D eigenvalue weighted by atomic mass is 10.3. The molecule has 1 amide bonds. The maximum atomic E-state index is 12.3. The maximum Gasteiger partial charge on any atom is 0.235 e. The minimum Gasteiger partial charge on any atom is -0.357 e. The molecule has 2 aromatic heterocycles. The van der Waals surface area contributed by atoms with Crippen LogP contribution in [-0.2, 0) is 4.79 Å². The van der Waals surface area contributed by atoms with Crippen molar-refractivity contribution in [2.45, 2.75) is 11.3 Å². The number of anilines is 2. The van der Waals surface area contributed by atoms with Crippen molar-refractivity contribution < 1.29 is 4.79 Å². The lowest BCUT2D eigenvalue weighted by Crippen LogP contribution is -2.16. The van der Waals surface area contributed by atoms with Crippen LogP contribution in [0.4, 0.5) is 10.9 Å². The first-order valence-corrected chi connectivity index (χ1v) is 9.69. The van der Waals surface area contributed by atoms with E-state index in [-0.39, 0.29) is 11.7 Å². The minimum atomic E-state index is -0.122. The second-order valence-corrected chi connectivity index (χ2v) is 7.50. The number of carbonyl (C=O) groups is 1. The SMILES string of the molecule is C=CCNc1nnc(SCC(=O)Nc2cc(C)nn2-c2ccccc2)s1. The van der Waals surface area contributed by atoms with E-state index in [9.17, 15) is 4.79 Å². The summed E-state index contributed by atoms with van der Waals surface area (Å²) in [5.41, 5.74) is 1.73. The van der Waals surface area contributed by atoms with Crippen molar-refractivity contribution in [2.75, 3.05) is 22.9 Å². The Bertz CT molecular complexity index is 890. The number of para-hydroxylation sites is 1. The predicted octanol–water partition coefficient (Wildman–Crippen LogP) is 3.36. The molecule has 3 rings (SSSR count). The van der Waals surface area contributed by atoms with Crippen LogP contribution in [0.3, 0.4) is 0 Å². The number of rotatable bonds is 8. The summed E-state index contributed by atoms with van der Waals surface area (Å²) in [4.78, 5) is 12.3. The second-order valence-electron chi connectivity index (χ2n) is 5.30. The van der Waals surface area contributed by atoms with Crippen LogP contribution < -0.4 is 10.6 Å². The fraction of sp³-hybridized carbons (Fsp3) is 0.176. The molecule has 2 N–H and O–H groups in total. The van der Waals surface area contributed by atoms with Crippen molar-refractivity contribution in [1.29, 1.82) is 0 Å². The molecule has 0 unspecified atom stereocenters. The quantitative estimate of drug-likeness (QED) is 0.456. The number of benzene rings is 1. The van der Waals surface area contributed by atoms with Crippen molar-refractivity contribution in [3.63, 3.8) is 0 Å². The molecule has 2 heterocycles. The second kappa shape index (κ2) is 8.63. The molecule has 0 atom stereocenters. The summed E-state index contributed by atoms with van der Waals surface area (Å²) in [5, 5.41) is 19.2. The summed E-state index contributed by atoms with van der Waals surface area (Å²) >= 11 is 2.76. The molecule has 9 heteroatoms. The molecule has 1 aromatic carbocycles. The maximum absolute atomic E-state index is 12.3. The van der Waals surface area contributed by atoms with Crippen LogP contribution >= 0.6 is 23.1 Å². The summed E-state index contributed by atoms with van der Waals surface area (Å²) in [7, 11) is 0. The topological polar surface area (TPSA) is 84.7 Å². The van der Waals surface area contributed by atoms with Crippen molar-refractivity contribution >= 4 is 40.0 Å². The van der Waals surface area contributed by atoms with Gasteiger partial charge in [-0.05, 0) is 19.1 Å². The largest absolute Gasteiger partial charge is 0.357 e. The summed E-state index contributed by atoms with van der Waals surface area (Å²) in [6, 6.07) is 11.5. The Balaban J connectivity index is 1.60. The zero-order valence-electron chi connectivity index (χ0n) is 14.2. The van der Waals surface area contributed by atoms with Gasteiger partial charge in [0, 0.05) is 12.6 Å². The van der Waals surface area contributed by atoms with Crippen molar-refractivity contribution in [1.82, 2.24) is 20.0 Å². The molecule has 0 fully saturated rings. The molecule has 0 aliphatic rings. The normalized spacial score (nSPS) is 10.5. The van der Waals surface area contributed by atoms with Crippen molar-refractivity contribution in [3.05, 3.63) is 54.7 Å². The number of hydrogen-bond donors (Lipinski definition) is 2. The Labute approximate surface area is 159 Å². The van der Waals surface area contributed by atoms with Crippen LogP contribution in [0.25, 0.3) is 5.69 Å². The summed E-state index contributed by atoms with van der Waals surface area (Å²) < 4.78 is 2.46. The number of amides is 1. The average Bonchev–Trinajstić information content (AvgIpc) is 3.25. The van der Waals surface area contributed by atoms with E-state index in [1.807, 2.05) is 43.3 Å². The van der Waals surface area contributed by atoms with Crippen molar-refractivity contribution in [2.24, 2.45) is 0 Å². The standard InChI is InChI=1S/C17H18N6OS2/c1-3-9-18-16-20-21-17(26-16)25-11-15(24)19-14-10-12(2)22-23(14)13-7-5-4-6-8-13/h3-8,10H,1,9,11H2,2H3,(H,18,20)(H,19,24). The molecule has 0 spiro atoms. The van der Waals surface area contributed by atoms with Gasteiger partial charge in [-0.15, -0.1) is 16.8 Å². The van der Waals surface area contributed by atoms with E-state index in [0.29, 0.717) is 17.5 Å². The molecule has 26 heavy (non-hydrogen) atoms. The van der Waals surface area contributed by atoms with Gasteiger partial charge in [-0.3, -0.25) is 4.79 Å². The summed E-state index contributed by atoms with van der Waals surface area (Å²) in [5.74, 6) is 0.766. The Morgan fingerprint density at radius 2 is 2.15 bits per heavy atom. The molecule has 134 valence electrons. The third-order valence-corrected chi connectivity index (χ3v) is 5.24. The zero-order chi connectivity index (χ0) is 18.4. The molecule has 3 aromatic rings. The Morgan fingerprint density at radius 3 is 2.92 bits per heavy atom. The predicted molar refractivity (Wildman–Crippen MR) is 106 cm³/mol. The zero-order valence-corrected chi connectivity index (χ0v) is 15.8. The van der Waals surface area contributed by atoms with Crippen molar-refractivity contribution in [3.8, 4) is 5.69 Å². The third-order valence-electron chi connectivity index (χ3n) is 3.23. The van der Waals surface area contributed by atoms with E-state index in [4.69, 9.17) is 0 Å². The van der Waals surface area contributed by atoms with E-state index >= 15 is 0 Å². The van der Waals surface area contributed by atoms with Crippen LogP contribution in [0.15, 0.2) is 53.4 Å².